The first-order valence-corrected chi connectivity index (χ1v) is 10.4. The first kappa shape index (κ1) is 19.3. The minimum absolute atomic E-state index is 0.0117. The van der Waals surface area contributed by atoms with Crippen LogP contribution in [0, 0.1) is 0 Å². The van der Waals surface area contributed by atoms with Crippen LogP contribution in [0.25, 0.3) is 0 Å². The van der Waals surface area contributed by atoms with Crippen LogP contribution in [-0.4, -0.2) is 73.1 Å². The molecule has 0 spiro atoms. The zero-order valence-corrected chi connectivity index (χ0v) is 16.5. The van der Waals surface area contributed by atoms with E-state index in [2.05, 4.69) is 22.0 Å². The van der Waals surface area contributed by atoms with Gasteiger partial charge in [-0.05, 0) is 56.8 Å². The molecule has 26 heavy (non-hydrogen) atoms. The summed E-state index contributed by atoms with van der Waals surface area (Å²) >= 11 is 1.44. The number of hydrogen-bond acceptors (Lipinski definition) is 6. The van der Waals surface area contributed by atoms with Gasteiger partial charge in [-0.2, -0.15) is 0 Å². The summed E-state index contributed by atoms with van der Waals surface area (Å²) in [4.78, 5) is 30.2. The van der Waals surface area contributed by atoms with E-state index >= 15 is 0 Å². The Kier molecular flexibility index (Phi) is 6.67. The molecule has 0 unspecified atom stereocenters. The smallest absolute Gasteiger partial charge is 0.323 e. The number of hydrogen-bond donors (Lipinski definition) is 1. The fourth-order valence-corrected chi connectivity index (χ4v) is 4.82. The molecule has 1 N–H and O–H groups in total. The second-order valence-electron chi connectivity index (χ2n) is 7.19. The lowest BCUT2D eigenvalue weighted by atomic mass is 10.0. The van der Waals surface area contributed by atoms with Crippen molar-refractivity contribution in [3.8, 4) is 0 Å². The number of esters is 1. The summed E-state index contributed by atoms with van der Waals surface area (Å²) in [5, 5.41) is 5.00. The lowest BCUT2D eigenvalue weighted by molar-refractivity contribution is -0.147. The molecule has 3 heterocycles. The summed E-state index contributed by atoms with van der Waals surface area (Å²) in [6, 6.07) is 3.82. The zero-order chi connectivity index (χ0) is 18.5. The van der Waals surface area contributed by atoms with Crippen molar-refractivity contribution in [2.75, 3.05) is 33.3 Å². The SMILES string of the molecule is CCCN1CCC(N2C[C@H](NC(=O)c3cccs3)C[C@H]2C(=O)OC)CC1. The second kappa shape index (κ2) is 8.97. The summed E-state index contributed by atoms with van der Waals surface area (Å²) < 4.78 is 5.04. The van der Waals surface area contributed by atoms with E-state index in [1.807, 2.05) is 17.5 Å². The Bertz CT molecular complexity index is 599. The van der Waals surface area contributed by atoms with Gasteiger partial charge in [-0.1, -0.05) is 13.0 Å². The topological polar surface area (TPSA) is 61.9 Å². The van der Waals surface area contributed by atoms with E-state index in [4.69, 9.17) is 4.74 Å². The number of ether oxygens (including phenoxy) is 1. The number of methoxy groups -OCH3 is 1. The van der Waals surface area contributed by atoms with E-state index in [0.29, 0.717) is 17.3 Å². The van der Waals surface area contributed by atoms with Crippen LogP contribution >= 0.6 is 11.3 Å². The third-order valence-electron chi connectivity index (χ3n) is 5.46. The maximum Gasteiger partial charge on any atom is 0.323 e. The van der Waals surface area contributed by atoms with Crippen molar-refractivity contribution in [2.24, 2.45) is 0 Å². The molecule has 7 heteroatoms. The molecule has 0 bridgehead atoms. The van der Waals surface area contributed by atoms with Crippen molar-refractivity contribution in [3.05, 3.63) is 22.4 Å². The number of piperidine rings is 1. The van der Waals surface area contributed by atoms with Crippen LogP contribution in [0.3, 0.4) is 0 Å². The van der Waals surface area contributed by atoms with Crippen LogP contribution in [0.4, 0.5) is 0 Å². The third kappa shape index (κ3) is 4.45. The van der Waals surface area contributed by atoms with Gasteiger partial charge in [0.1, 0.15) is 6.04 Å². The molecule has 3 rings (SSSR count). The summed E-state index contributed by atoms with van der Waals surface area (Å²) in [5.74, 6) is -0.234. The van der Waals surface area contributed by atoms with Gasteiger partial charge in [0.15, 0.2) is 0 Å². The maximum absolute atomic E-state index is 12.4. The molecule has 0 saturated carbocycles. The molecule has 1 amide bonds. The van der Waals surface area contributed by atoms with Crippen LogP contribution in [0.2, 0.25) is 0 Å². The van der Waals surface area contributed by atoms with Crippen molar-refractivity contribution in [1.82, 2.24) is 15.1 Å². The number of carbonyl (C=O) groups is 2. The first-order chi connectivity index (χ1) is 12.6. The number of rotatable bonds is 6. The van der Waals surface area contributed by atoms with E-state index in [0.717, 1.165) is 39.0 Å². The number of thiophene rings is 1. The number of nitrogens with one attached hydrogen (secondary N) is 1. The first-order valence-electron chi connectivity index (χ1n) is 9.52. The minimum Gasteiger partial charge on any atom is -0.468 e. The van der Waals surface area contributed by atoms with E-state index in [1.54, 1.807) is 0 Å². The van der Waals surface area contributed by atoms with Crippen LogP contribution in [0.1, 0.15) is 42.3 Å². The standard InChI is InChI=1S/C19H29N3O3S/c1-3-8-21-9-6-15(7-10-21)22-13-14(12-16(22)19(24)25-2)20-18(23)17-5-4-11-26-17/h4-5,11,14-16H,3,6-10,12-13H2,1-2H3,(H,20,23)/t14-,16+/m1/s1. The van der Waals surface area contributed by atoms with Crippen molar-refractivity contribution < 1.29 is 14.3 Å². The van der Waals surface area contributed by atoms with Crippen molar-refractivity contribution in [2.45, 2.75) is 50.7 Å². The third-order valence-corrected chi connectivity index (χ3v) is 6.33. The van der Waals surface area contributed by atoms with Crippen LogP contribution in [0.5, 0.6) is 0 Å². The molecule has 2 saturated heterocycles. The highest BCUT2D eigenvalue weighted by Crippen LogP contribution is 2.27. The highest BCUT2D eigenvalue weighted by atomic mass is 32.1. The summed E-state index contributed by atoms with van der Waals surface area (Å²) in [5.41, 5.74) is 0. The van der Waals surface area contributed by atoms with Gasteiger partial charge < -0.3 is 15.0 Å². The largest absolute Gasteiger partial charge is 0.468 e. The fraction of sp³-hybridized carbons (Fsp3) is 0.684. The normalized spacial score (nSPS) is 25.3. The number of amides is 1. The Labute approximate surface area is 159 Å². The minimum atomic E-state index is -0.253. The molecule has 2 fully saturated rings. The molecule has 6 nitrogen and oxygen atoms in total. The number of likely N-dealkylation sites (tertiary alicyclic amines) is 2. The maximum atomic E-state index is 12.4. The zero-order valence-electron chi connectivity index (χ0n) is 15.6. The molecule has 2 aliphatic rings. The van der Waals surface area contributed by atoms with Gasteiger partial charge >= 0.3 is 5.97 Å². The van der Waals surface area contributed by atoms with E-state index in [1.165, 1.54) is 24.9 Å². The molecule has 144 valence electrons. The molecule has 1 aromatic heterocycles. The summed E-state index contributed by atoms with van der Waals surface area (Å²) in [6.07, 6.45) is 3.94. The lowest BCUT2D eigenvalue weighted by Crippen LogP contribution is -2.49. The summed E-state index contributed by atoms with van der Waals surface area (Å²) in [6.45, 7) is 6.23. The molecule has 0 radical (unpaired) electrons. The highest BCUT2D eigenvalue weighted by molar-refractivity contribution is 7.12. The highest BCUT2D eigenvalue weighted by Gasteiger charge is 2.42. The molecular weight excluding hydrogens is 350 g/mol. The number of carbonyl (C=O) groups excluding carboxylic acids is 2. The molecule has 2 aliphatic heterocycles. The monoisotopic (exact) mass is 379 g/mol. The van der Waals surface area contributed by atoms with Crippen LogP contribution in [-0.2, 0) is 9.53 Å². The van der Waals surface area contributed by atoms with Gasteiger partial charge in [0.2, 0.25) is 0 Å². The van der Waals surface area contributed by atoms with Crippen LogP contribution in [0.15, 0.2) is 17.5 Å². The van der Waals surface area contributed by atoms with E-state index in [9.17, 15) is 9.59 Å². The van der Waals surface area contributed by atoms with E-state index < -0.39 is 0 Å². The van der Waals surface area contributed by atoms with Gasteiger partial charge in [0, 0.05) is 18.6 Å². The van der Waals surface area contributed by atoms with Gasteiger partial charge in [0.05, 0.1) is 12.0 Å². The lowest BCUT2D eigenvalue weighted by Gasteiger charge is -2.38. The van der Waals surface area contributed by atoms with Gasteiger partial charge in [-0.3, -0.25) is 14.5 Å². The van der Waals surface area contributed by atoms with Crippen molar-refractivity contribution in [3.63, 3.8) is 0 Å². The Balaban J connectivity index is 1.62. The van der Waals surface area contributed by atoms with Crippen molar-refractivity contribution in [1.29, 1.82) is 0 Å². The fourth-order valence-electron chi connectivity index (χ4n) is 4.19. The molecular formula is C19H29N3O3S. The number of nitrogens with zero attached hydrogens (tertiary/aromatic N) is 2. The Hall–Kier alpha value is -1.44. The Morgan fingerprint density at radius 3 is 2.73 bits per heavy atom. The summed E-state index contributed by atoms with van der Waals surface area (Å²) in [7, 11) is 1.45. The van der Waals surface area contributed by atoms with Crippen molar-refractivity contribution >= 4 is 23.2 Å². The Morgan fingerprint density at radius 2 is 2.12 bits per heavy atom. The van der Waals surface area contributed by atoms with Gasteiger partial charge in [-0.25, -0.2) is 0 Å². The van der Waals surface area contributed by atoms with E-state index in [-0.39, 0.29) is 24.0 Å². The molecule has 1 aromatic rings. The van der Waals surface area contributed by atoms with Gasteiger partial charge in [-0.15, -0.1) is 11.3 Å². The average molecular weight is 380 g/mol. The second-order valence-corrected chi connectivity index (χ2v) is 8.14. The average Bonchev–Trinajstić information content (AvgIpc) is 3.32. The predicted octanol–water partition coefficient (Wildman–Crippen LogP) is 1.97. The van der Waals surface area contributed by atoms with Gasteiger partial charge in [0.25, 0.3) is 5.91 Å². The Morgan fingerprint density at radius 1 is 1.35 bits per heavy atom. The molecule has 0 aliphatic carbocycles. The quantitative estimate of drug-likeness (QED) is 0.766. The van der Waals surface area contributed by atoms with Crippen LogP contribution < -0.4 is 5.32 Å². The predicted molar refractivity (Wildman–Crippen MR) is 102 cm³/mol. The molecule has 2 atom stereocenters. The molecule has 0 aromatic carbocycles.